The van der Waals surface area contributed by atoms with Crippen molar-refractivity contribution in [3.05, 3.63) is 70.1 Å². The van der Waals surface area contributed by atoms with Crippen LogP contribution in [0.25, 0.3) is 10.4 Å². The van der Waals surface area contributed by atoms with Gasteiger partial charge < -0.3 is 16.2 Å². The number of likely N-dealkylation sites (N-methyl/N-ethyl adjacent to an activating group) is 1. The maximum atomic E-state index is 13.4. The number of nitrogens with one attached hydrogen (secondary N) is 1. The number of nitrogens with two attached hydrogens (primary N) is 1. The molecule has 3 unspecified atom stereocenters. The standard InChI is InChI=1S/C22H22ClFN4O5S2/c1-28(35(32)33)18(21(31)27-14-6-7-16(24)15(23)9-14)10-17(25)22-26-11-19(34-22)13-4-2-12(3-5-13)8-20(29)30/h2-7,9,11,17-18H,8,10,25H2,1H3,(H,27,31)(H,29,30)(H,32,33). The van der Waals surface area contributed by atoms with E-state index in [-0.39, 0.29) is 23.6 Å². The van der Waals surface area contributed by atoms with E-state index in [1.807, 2.05) is 0 Å². The van der Waals surface area contributed by atoms with Crippen LogP contribution in [-0.2, 0) is 27.3 Å². The Morgan fingerprint density at radius 1 is 1.29 bits per heavy atom. The highest BCUT2D eigenvalue weighted by molar-refractivity contribution is 7.76. The summed E-state index contributed by atoms with van der Waals surface area (Å²) in [5.41, 5.74) is 8.02. The molecule has 2 aromatic carbocycles. The Labute approximate surface area is 212 Å². The Bertz CT molecular complexity index is 1240. The molecule has 5 N–H and O–H groups in total. The van der Waals surface area contributed by atoms with Gasteiger partial charge in [-0.1, -0.05) is 35.9 Å². The van der Waals surface area contributed by atoms with E-state index in [2.05, 4.69) is 10.3 Å². The minimum absolute atomic E-state index is 0.0337. The van der Waals surface area contributed by atoms with Crippen LogP contribution in [0.1, 0.15) is 23.0 Å². The number of halogens is 2. The molecule has 0 spiro atoms. The summed E-state index contributed by atoms with van der Waals surface area (Å²) >= 11 is 4.60. The Balaban J connectivity index is 1.75. The Morgan fingerprint density at radius 3 is 2.57 bits per heavy atom. The van der Waals surface area contributed by atoms with Gasteiger partial charge in [0.25, 0.3) is 0 Å². The molecule has 35 heavy (non-hydrogen) atoms. The van der Waals surface area contributed by atoms with E-state index < -0.39 is 41.0 Å². The maximum absolute atomic E-state index is 13.4. The van der Waals surface area contributed by atoms with Gasteiger partial charge in [-0.05, 0) is 35.7 Å². The molecule has 0 aliphatic carbocycles. The van der Waals surface area contributed by atoms with Gasteiger partial charge in [-0.25, -0.2) is 13.6 Å². The predicted molar refractivity (Wildman–Crippen MR) is 133 cm³/mol. The number of thiazole rings is 1. The van der Waals surface area contributed by atoms with Gasteiger partial charge in [0.15, 0.2) is 0 Å². The lowest BCUT2D eigenvalue weighted by atomic mass is 10.1. The number of rotatable bonds is 10. The molecule has 186 valence electrons. The molecule has 0 bridgehead atoms. The first-order chi connectivity index (χ1) is 16.5. The molecule has 0 radical (unpaired) electrons. The number of aliphatic carboxylic acids is 1. The molecule has 0 fully saturated rings. The summed E-state index contributed by atoms with van der Waals surface area (Å²) in [4.78, 5) is 28.9. The summed E-state index contributed by atoms with van der Waals surface area (Å²) in [6.45, 7) is 0. The Kier molecular flexibility index (Phi) is 9.05. The van der Waals surface area contributed by atoms with Crippen LogP contribution in [0.5, 0.6) is 0 Å². The van der Waals surface area contributed by atoms with Crippen LogP contribution in [0.4, 0.5) is 10.1 Å². The zero-order valence-corrected chi connectivity index (χ0v) is 20.7. The Morgan fingerprint density at radius 2 is 1.97 bits per heavy atom. The number of benzene rings is 2. The number of carbonyl (C=O) groups excluding carboxylic acids is 1. The molecular weight excluding hydrogens is 519 g/mol. The molecule has 0 aliphatic heterocycles. The third-order valence-corrected chi connectivity index (χ3v) is 7.30. The van der Waals surface area contributed by atoms with Crippen molar-refractivity contribution >= 4 is 51.8 Å². The van der Waals surface area contributed by atoms with Gasteiger partial charge in [0, 0.05) is 18.9 Å². The van der Waals surface area contributed by atoms with Crippen molar-refractivity contribution in [2.45, 2.75) is 24.9 Å². The fourth-order valence-corrected chi connectivity index (χ4v) is 4.74. The molecule has 3 atom stereocenters. The van der Waals surface area contributed by atoms with Crippen LogP contribution < -0.4 is 11.1 Å². The number of nitrogens with zero attached hydrogens (tertiary/aromatic N) is 2. The molecule has 0 saturated carbocycles. The minimum atomic E-state index is -2.46. The molecule has 9 nitrogen and oxygen atoms in total. The van der Waals surface area contributed by atoms with Crippen LogP contribution in [0.15, 0.2) is 48.7 Å². The van der Waals surface area contributed by atoms with Crippen molar-refractivity contribution < 1.29 is 27.8 Å². The number of hydrogen-bond acceptors (Lipinski definition) is 6. The average molecular weight is 541 g/mol. The van der Waals surface area contributed by atoms with Gasteiger partial charge in [-0.3, -0.25) is 14.1 Å². The SMILES string of the molecule is CN(C(CC(N)c1ncc(-c2ccc(CC(=O)O)cc2)s1)C(=O)Nc1ccc(F)c(Cl)c1)S(=O)O. The minimum Gasteiger partial charge on any atom is -0.481 e. The number of amides is 1. The zero-order chi connectivity index (χ0) is 25.7. The van der Waals surface area contributed by atoms with Crippen molar-refractivity contribution in [2.24, 2.45) is 5.73 Å². The van der Waals surface area contributed by atoms with Crippen molar-refractivity contribution in [1.29, 1.82) is 0 Å². The topological polar surface area (TPSA) is 146 Å². The van der Waals surface area contributed by atoms with E-state index in [0.717, 1.165) is 20.8 Å². The van der Waals surface area contributed by atoms with Gasteiger partial charge in [-0.2, -0.15) is 4.31 Å². The molecule has 13 heteroatoms. The number of aromatic nitrogens is 1. The fourth-order valence-electron chi connectivity index (χ4n) is 3.22. The maximum Gasteiger partial charge on any atom is 0.307 e. The highest BCUT2D eigenvalue weighted by atomic mass is 35.5. The summed E-state index contributed by atoms with van der Waals surface area (Å²) in [7, 11) is 1.30. The fraction of sp³-hybridized carbons (Fsp3) is 0.227. The second-order valence-corrected chi connectivity index (χ2v) is 10.1. The van der Waals surface area contributed by atoms with Crippen LogP contribution in [0.2, 0.25) is 5.02 Å². The van der Waals surface area contributed by atoms with Crippen LogP contribution in [-0.4, -0.2) is 48.1 Å². The number of hydrogen-bond donors (Lipinski definition) is 4. The van der Waals surface area contributed by atoms with Crippen LogP contribution in [0, 0.1) is 5.82 Å². The number of carboxylic acids is 1. The van der Waals surface area contributed by atoms with Crippen molar-refractivity contribution in [3.8, 4) is 10.4 Å². The quantitative estimate of drug-likeness (QED) is 0.287. The first-order valence-corrected chi connectivity index (χ1v) is 12.4. The first-order valence-electron chi connectivity index (χ1n) is 10.2. The van der Waals surface area contributed by atoms with Crippen molar-refractivity contribution in [2.75, 3.05) is 12.4 Å². The van der Waals surface area contributed by atoms with E-state index in [4.69, 9.17) is 22.4 Å². The third-order valence-electron chi connectivity index (χ3n) is 5.09. The largest absolute Gasteiger partial charge is 0.481 e. The normalized spacial score (nSPS) is 13.9. The molecular formula is C22H22ClFN4O5S2. The highest BCUT2D eigenvalue weighted by Gasteiger charge is 2.30. The molecule has 0 saturated heterocycles. The first kappa shape index (κ1) is 26.9. The monoisotopic (exact) mass is 540 g/mol. The summed E-state index contributed by atoms with van der Waals surface area (Å²) in [5.74, 6) is -2.19. The van der Waals surface area contributed by atoms with Crippen molar-refractivity contribution in [3.63, 3.8) is 0 Å². The number of anilines is 1. The lowest BCUT2D eigenvalue weighted by Gasteiger charge is -2.25. The molecule has 1 amide bonds. The third kappa shape index (κ3) is 7.13. The summed E-state index contributed by atoms with van der Waals surface area (Å²) in [5, 5.41) is 11.8. The van der Waals surface area contributed by atoms with Crippen LogP contribution >= 0.6 is 22.9 Å². The molecule has 1 heterocycles. The summed E-state index contributed by atoms with van der Waals surface area (Å²) in [6, 6.07) is 8.81. The average Bonchev–Trinajstić information content (AvgIpc) is 3.30. The van der Waals surface area contributed by atoms with E-state index in [1.165, 1.54) is 30.5 Å². The van der Waals surface area contributed by atoms with E-state index in [9.17, 15) is 22.7 Å². The molecule has 0 aliphatic rings. The number of carboxylic acid groups (broad SMARTS) is 1. The lowest BCUT2D eigenvalue weighted by molar-refractivity contribution is -0.136. The van der Waals surface area contributed by atoms with Gasteiger partial charge in [0.1, 0.15) is 16.9 Å². The zero-order valence-electron chi connectivity index (χ0n) is 18.4. The molecule has 3 aromatic rings. The molecule has 1 aromatic heterocycles. The Hall–Kier alpha value is -2.74. The van der Waals surface area contributed by atoms with Gasteiger partial charge >= 0.3 is 5.97 Å². The second-order valence-electron chi connectivity index (χ2n) is 7.58. The van der Waals surface area contributed by atoms with Gasteiger partial charge in [-0.15, -0.1) is 11.3 Å². The second kappa shape index (κ2) is 11.8. The number of carbonyl (C=O) groups is 2. The van der Waals surface area contributed by atoms with Crippen molar-refractivity contribution in [1.82, 2.24) is 9.29 Å². The van der Waals surface area contributed by atoms with E-state index in [1.54, 1.807) is 30.5 Å². The molecule has 3 rings (SSSR count). The van der Waals surface area contributed by atoms with Crippen LogP contribution in [0.3, 0.4) is 0 Å². The lowest BCUT2D eigenvalue weighted by Crippen LogP contribution is -2.44. The smallest absolute Gasteiger partial charge is 0.307 e. The predicted octanol–water partition coefficient (Wildman–Crippen LogP) is 3.70. The van der Waals surface area contributed by atoms with Gasteiger partial charge in [0.05, 0.1) is 22.4 Å². The van der Waals surface area contributed by atoms with Gasteiger partial charge in [0.2, 0.25) is 17.2 Å². The summed E-state index contributed by atoms with van der Waals surface area (Å²) < 4.78 is 35.6. The highest BCUT2D eigenvalue weighted by Crippen LogP contribution is 2.31. The van der Waals surface area contributed by atoms with E-state index in [0.29, 0.717) is 10.6 Å². The summed E-state index contributed by atoms with van der Waals surface area (Å²) in [6.07, 6.45) is 1.51. The van der Waals surface area contributed by atoms with E-state index >= 15 is 0 Å².